The Kier molecular flexibility index (Phi) is 4.67. The van der Waals surface area contributed by atoms with E-state index in [9.17, 15) is 0 Å². The summed E-state index contributed by atoms with van der Waals surface area (Å²) in [7, 11) is 0. The first-order chi connectivity index (χ1) is 5.88. The lowest BCUT2D eigenvalue weighted by Crippen LogP contribution is -2.27. The van der Waals surface area contributed by atoms with Crippen molar-refractivity contribution in [2.75, 3.05) is 6.61 Å². The van der Waals surface area contributed by atoms with Crippen LogP contribution in [0.5, 0.6) is 0 Å². The Labute approximate surface area is 76.5 Å². The highest BCUT2D eigenvalue weighted by molar-refractivity contribution is 4.75. The van der Waals surface area contributed by atoms with E-state index in [4.69, 9.17) is 4.74 Å². The predicted molar refractivity (Wildman–Crippen MR) is 52.3 cm³/mol. The largest absolute Gasteiger partial charge is 0.378 e. The molecule has 0 amide bonds. The van der Waals surface area contributed by atoms with Crippen molar-refractivity contribution in [3.8, 4) is 0 Å². The topological polar surface area (TPSA) is 9.23 Å². The molecule has 1 aliphatic rings. The summed E-state index contributed by atoms with van der Waals surface area (Å²) in [5.41, 5.74) is 0. The first kappa shape index (κ1) is 10.0. The van der Waals surface area contributed by atoms with E-state index in [0.717, 1.165) is 12.5 Å². The summed E-state index contributed by atoms with van der Waals surface area (Å²) >= 11 is 0. The molecule has 0 heterocycles. The highest BCUT2D eigenvalue weighted by atomic mass is 16.5. The molecule has 1 aliphatic carbocycles. The van der Waals surface area contributed by atoms with Crippen molar-refractivity contribution in [1.29, 1.82) is 0 Å². The van der Waals surface area contributed by atoms with Crippen LogP contribution in [-0.4, -0.2) is 12.7 Å². The third kappa shape index (κ3) is 2.78. The maximum Gasteiger partial charge on any atom is 0.0603 e. The van der Waals surface area contributed by atoms with Crippen LogP contribution in [0.25, 0.3) is 0 Å². The van der Waals surface area contributed by atoms with Crippen LogP contribution in [0.2, 0.25) is 0 Å². The van der Waals surface area contributed by atoms with E-state index in [0.29, 0.717) is 6.10 Å². The summed E-state index contributed by atoms with van der Waals surface area (Å²) in [6, 6.07) is 0. The first-order valence-electron chi connectivity index (χ1n) is 5.50. The van der Waals surface area contributed by atoms with Crippen molar-refractivity contribution in [3.05, 3.63) is 0 Å². The van der Waals surface area contributed by atoms with E-state index in [1.165, 1.54) is 38.5 Å². The average Bonchev–Trinajstić information content (AvgIpc) is 2.09. The maximum absolute atomic E-state index is 5.75. The van der Waals surface area contributed by atoms with Gasteiger partial charge in [-0.3, -0.25) is 0 Å². The van der Waals surface area contributed by atoms with Crippen molar-refractivity contribution in [1.82, 2.24) is 0 Å². The standard InChI is InChI=1S/C11H22O/c1-3-7-10-8-5-6-9-11(10)12-4-2/h10-11H,3-9H2,1-2H3/t10-,11-/m1/s1. The van der Waals surface area contributed by atoms with Gasteiger partial charge >= 0.3 is 0 Å². The third-order valence-corrected chi connectivity index (χ3v) is 2.88. The zero-order chi connectivity index (χ0) is 8.81. The highest BCUT2D eigenvalue weighted by Gasteiger charge is 2.24. The van der Waals surface area contributed by atoms with Crippen LogP contribution < -0.4 is 0 Å². The van der Waals surface area contributed by atoms with Gasteiger partial charge in [0.25, 0.3) is 0 Å². The molecule has 1 nitrogen and oxygen atoms in total. The van der Waals surface area contributed by atoms with Gasteiger partial charge in [-0.05, 0) is 32.1 Å². The highest BCUT2D eigenvalue weighted by Crippen LogP contribution is 2.29. The van der Waals surface area contributed by atoms with E-state index < -0.39 is 0 Å². The lowest BCUT2D eigenvalue weighted by Gasteiger charge is -2.31. The van der Waals surface area contributed by atoms with Gasteiger partial charge in [-0.2, -0.15) is 0 Å². The molecule has 72 valence electrons. The third-order valence-electron chi connectivity index (χ3n) is 2.88. The smallest absolute Gasteiger partial charge is 0.0603 e. The van der Waals surface area contributed by atoms with Crippen LogP contribution in [0, 0.1) is 5.92 Å². The van der Waals surface area contributed by atoms with Crippen LogP contribution in [0.4, 0.5) is 0 Å². The lowest BCUT2D eigenvalue weighted by atomic mass is 9.83. The first-order valence-corrected chi connectivity index (χ1v) is 5.50. The fourth-order valence-electron chi connectivity index (χ4n) is 2.31. The summed E-state index contributed by atoms with van der Waals surface area (Å²) < 4.78 is 5.75. The minimum absolute atomic E-state index is 0.587. The quantitative estimate of drug-likeness (QED) is 0.628. The zero-order valence-corrected chi connectivity index (χ0v) is 8.51. The van der Waals surface area contributed by atoms with Gasteiger partial charge in [0.05, 0.1) is 6.10 Å². The summed E-state index contributed by atoms with van der Waals surface area (Å²) in [6.45, 7) is 5.28. The van der Waals surface area contributed by atoms with E-state index in [1.54, 1.807) is 0 Å². The molecule has 0 aromatic rings. The van der Waals surface area contributed by atoms with Crippen LogP contribution in [-0.2, 0) is 4.74 Å². The van der Waals surface area contributed by atoms with E-state index >= 15 is 0 Å². The Hall–Kier alpha value is -0.0400. The summed E-state index contributed by atoms with van der Waals surface area (Å²) in [6.07, 6.45) is 8.78. The van der Waals surface area contributed by atoms with Crippen molar-refractivity contribution < 1.29 is 4.74 Å². The van der Waals surface area contributed by atoms with Gasteiger partial charge in [-0.25, -0.2) is 0 Å². The van der Waals surface area contributed by atoms with Crippen LogP contribution in [0.3, 0.4) is 0 Å². The molecule has 0 aromatic heterocycles. The second-order valence-electron chi connectivity index (χ2n) is 3.83. The van der Waals surface area contributed by atoms with Gasteiger partial charge in [-0.15, -0.1) is 0 Å². The number of ether oxygens (including phenoxy) is 1. The fourth-order valence-corrected chi connectivity index (χ4v) is 2.31. The molecule has 1 saturated carbocycles. The second kappa shape index (κ2) is 5.58. The van der Waals surface area contributed by atoms with Crippen molar-refractivity contribution in [3.63, 3.8) is 0 Å². The molecule has 0 unspecified atom stereocenters. The van der Waals surface area contributed by atoms with E-state index in [-0.39, 0.29) is 0 Å². The Morgan fingerprint density at radius 1 is 1.17 bits per heavy atom. The molecule has 0 N–H and O–H groups in total. The zero-order valence-electron chi connectivity index (χ0n) is 8.51. The number of hydrogen-bond donors (Lipinski definition) is 0. The van der Waals surface area contributed by atoms with E-state index in [1.807, 2.05) is 0 Å². The van der Waals surface area contributed by atoms with Crippen molar-refractivity contribution in [2.45, 2.75) is 58.5 Å². The van der Waals surface area contributed by atoms with Gasteiger partial charge in [0.15, 0.2) is 0 Å². The molecule has 0 aliphatic heterocycles. The minimum Gasteiger partial charge on any atom is -0.378 e. The molecule has 0 saturated heterocycles. The fraction of sp³-hybridized carbons (Fsp3) is 1.00. The molecule has 2 atom stereocenters. The molecule has 0 bridgehead atoms. The minimum atomic E-state index is 0.587. The number of rotatable bonds is 4. The normalized spacial score (nSPS) is 30.5. The maximum atomic E-state index is 5.75. The summed E-state index contributed by atoms with van der Waals surface area (Å²) in [5, 5.41) is 0. The van der Waals surface area contributed by atoms with Crippen molar-refractivity contribution >= 4 is 0 Å². The second-order valence-corrected chi connectivity index (χ2v) is 3.83. The molecule has 0 spiro atoms. The Bertz CT molecular complexity index is 93.6. The lowest BCUT2D eigenvalue weighted by molar-refractivity contribution is -0.00709. The number of hydrogen-bond acceptors (Lipinski definition) is 1. The van der Waals surface area contributed by atoms with E-state index in [2.05, 4.69) is 13.8 Å². The van der Waals surface area contributed by atoms with Gasteiger partial charge in [-0.1, -0.05) is 26.2 Å². The molecule has 12 heavy (non-hydrogen) atoms. The summed E-state index contributed by atoms with van der Waals surface area (Å²) in [5.74, 6) is 0.865. The average molecular weight is 170 g/mol. The molecule has 1 rings (SSSR count). The monoisotopic (exact) mass is 170 g/mol. The molecule has 1 heteroatoms. The SMILES string of the molecule is CCC[C@@H]1CCCC[C@H]1OCC. The Morgan fingerprint density at radius 3 is 2.58 bits per heavy atom. The molecule has 0 aromatic carbocycles. The Balaban J connectivity index is 2.31. The predicted octanol–water partition coefficient (Wildman–Crippen LogP) is 3.38. The molecule has 1 fully saturated rings. The summed E-state index contributed by atoms with van der Waals surface area (Å²) in [4.78, 5) is 0. The van der Waals surface area contributed by atoms with Gasteiger partial charge < -0.3 is 4.74 Å². The molecular weight excluding hydrogens is 148 g/mol. The van der Waals surface area contributed by atoms with Crippen LogP contribution in [0.1, 0.15) is 52.4 Å². The Morgan fingerprint density at radius 2 is 1.92 bits per heavy atom. The van der Waals surface area contributed by atoms with Crippen LogP contribution >= 0.6 is 0 Å². The van der Waals surface area contributed by atoms with Gasteiger partial charge in [0.1, 0.15) is 0 Å². The van der Waals surface area contributed by atoms with Crippen LogP contribution in [0.15, 0.2) is 0 Å². The van der Waals surface area contributed by atoms with Gasteiger partial charge in [0.2, 0.25) is 0 Å². The molecular formula is C11H22O. The molecule has 0 radical (unpaired) electrons. The van der Waals surface area contributed by atoms with Crippen molar-refractivity contribution in [2.24, 2.45) is 5.92 Å². The van der Waals surface area contributed by atoms with Gasteiger partial charge in [0, 0.05) is 6.61 Å².